The average Bonchev–Trinajstić information content (AvgIpc) is 2.22. The van der Waals surface area contributed by atoms with Crippen molar-refractivity contribution in [3.05, 3.63) is 35.4 Å². The lowest BCUT2D eigenvalue weighted by Crippen LogP contribution is -2.27. The third-order valence-electron chi connectivity index (χ3n) is 2.16. The second kappa shape index (κ2) is 3.94. The van der Waals surface area contributed by atoms with Crippen molar-refractivity contribution in [2.45, 2.75) is 6.04 Å². The molecule has 5 heteroatoms. The molecular formula is C10H10F2N2O. The van der Waals surface area contributed by atoms with E-state index >= 15 is 0 Å². The van der Waals surface area contributed by atoms with Crippen LogP contribution in [0.3, 0.4) is 0 Å². The van der Waals surface area contributed by atoms with Gasteiger partial charge in [0.1, 0.15) is 30.1 Å². The van der Waals surface area contributed by atoms with Gasteiger partial charge in [-0.15, -0.1) is 0 Å². The van der Waals surface area contributed by atoms with Gasteiger partial charge >= 0.3 is 0 Å². The van der Waals surface area contributed by atoms with Gasteiger partial charge in [-0.1, -0.05) is 0 Å². The molecular weight excluding hydrogens is 202 g/mol. The molecule has 0 fully saturated rings. The van der Waals surface area contributed by atoms with Crippen molar-refractivity contribution >= 4 is 5.84 Å². The van der Waals surface area contributed by atoms with Gasteiger partial charge in [0.2, 0.25) is 0 Å². The Morgan fingerprint density at radius 3 is 2.93 bits per heavy atom. The van der Waals surface area contributed by atoms with Crippen LogP contribution in [0.2, 0.25) is 0 Å². The van der Waals surface area contributed by atoms with Crippen LogP contribution >= 0.6 is 0 Å². The van der Waals surface area contributed by atoms with Gasteiger partial charge in [-0.25, -0.2) is 8.78 Å². The molecule has 1 aliphatic heterocycles. The van der Waals surface area contributed by atoms with Crippen LogP contribution in [0.25, 0.3) is 0 Å². The number of hydrogen-bond acceptors (Lipinski definition) is 3. The highest BCUT2D eigenvalue weighted by Crippen LogP contribution is 2.23. The smallest absolute Gasteiger partial charge is 0.128 e. The number of rotatable bonds is 1. The van der Waals surface area contributed by atoms with Crippen LogP contribution in [-0.2, 0) is 4.74 Å². The minimum absolute atomic E-state index is 0.178. The predicted molar refractivity (Wildman–Crippen MR) is 51.5 cm³/mol. The molecule has 0 radical (unpaired) electrons. The monoisotopic (exact) mass is 212 g/mol. The van der Waals surface area contributed by atoms with E-state index in [0.717, 1.165) is 18.2 Å². The quantitative estimate of drug-likeness (QED) is 0.764. The van der Waals surface area contributed by atoms with Crippen molar-refractivity contribution in [3.8, 4) is 0 Å². The topological polar surface area (TPSA) is 47.6 Å². The summed E-state index contributed by atoms with van der Waals surface area (Å²) in [4.78, 5) is 4.02. The Balaban J connectivity index is 2.36. The Bertz CT molecular complexity index is 406. The first-order chi connectivity index (χ1) is 7.16. The maximum absolute atomic E-state index is 13.3. The van der Waals surface area contributed by atoms with Crippen LogP contribution in [0.15, 0.2) is 23.2 Å². The maximum atomic E-state index is 13.3. The van der Waals surface area contributed by atoms with Crippen LogP contribution in [0, 0.1) is 11.6 Å². The Morgan fingerprint density at radius 2 is 2.20 bits per heavy atom. The normalized spacial score (nSPS) is 21.2. The van der Waals surface area contributed by atoms with Crippen LogP contribution < -0.4 is 5.73 Å². The molecule has 0 saturated heterocycles. The lowest BCUT2D eigenvalue weighted by molar-refractivity contribution is 0.142. The van der Waals surface area contributed by atoms with Crippen molar-refractivity contribution in [1.29, 1.82) is 0 Å². The van der Waals surface area contributed by atoms with E-state index in [9.17, 15) is 8.78 Å². The first-order valence-electron chi connectivity index (χ1n) is 4.51. The minimum atomic E-state index is -0.547. The van der Waals surface area contributed by atoms with Crippen molar-refractivity contribution in [1.82, 2.24) is 0 Å². The summed E-state index contributed by atoms with van der Waals surface area (Å²) in [6.45, 7) is 0.467. The summed E-state index contributed by atoms with van der Waals surface area (Å²) in [5.74, 6) is -0.691. The van der Waals surface area contributed by atoms with E-state index in [-0.39, 0.29) is 18.8 Å². The predicted octanol–water partition coefficient (Wildman–Crippen LogP) is 1.39. The van der Waals surface area contributed by atoms with E-state index < -0.39 is 17.7 Å². The van der Waals surface area contributed by atoms with Gasteiger partial charge in [-0.05, 0) is 18.2 Å². The fourth-order valence-corrected chi connectivity index (χ4v) is 1.48. The highest BCUT2D eigenvalue weighted by molar-refractivity contribution is 5.82. The van der Waals surface area contributed by atoms with Crippen LogP contribution in [0.5, 0.6) is 0 Å². The summed E-state index contributed by atoms with van der Waals surface area (Å²) >= 11 is 0. The molecule has 0 aromatic heterocycles. The number of nitrogens with zero attached hydrogens (tertiary/aromatic N) is 1. The zero-order chi connectivity index (χ0) is 10.8. The minimum Gasteiger partial charge on any atom is -0.386 e. The van der Waals surface area contributed by atoms with E-state index in [2.05, 4.69) is 4.99 Å². The number of hydrogen-bond donors (Lipinski definition) is 1. The first kappa shape index (κ1) is 10.0. The fraction of sp³-hybridized carbons (Fsp3) is 0.300. The molecule has 1 heterocycles. The maximum Gasteiger partial charge on any atom is 0.128 e. The van der Waals surface area contributed by atoms with Gasteiger partial charge in [-0.3, -0.25) is 4.99 Å². The number of nitrogens with two attached hydrogens (primary N) is 1. The van der Waals surface area contributed by atoms with Crippen LogP contribution in [-0.4, -0.2) is 19.0 Å². The van der Waals surface area contributed by atoms with E-state index in [0.29, 0.717) is 5.84 Å². The Kier molecular flexibility index (Phi) is 2.64. The van der Waals surface area contributed by atoms with Gasteiger partial charge in [-0.2, -0.15) is 0 Å². The zero-order valence-corrected chi connectivity index (χ0v) is 7.91. The molecule has 1 aromatic rings. The third-order valence-corrected chi connectivity index (χ3v) is 2.16. The van der Waals surface area contributed by atoms with Crippen LogP contribution in [0.4, 0.5) is 8.78 Å². The highest BCUT2D eigenvalue weighted by atomic mass is 19.1. The van der Waals surface area contributed by atoms with Crippen molar-refractivity contribution < 1.29 is 13.5 Å². The Morgan fingerprint density at radius 1 is 1.40 bits per heavy atom. The largest absolute Gasteiger partial charge is 0.386 e. The molecule has 0 bridgehead atoms. The summed E-state index contributed by atoms with van der Waals surface area (Å²) in [6.07, 6.45) is 0. The summed E-state index contributed by atoms with van der Waals surface area (Å²) in [6, 6.07) is 2.71. The summed E-state index contributed by atoms with van der Waals surface area (Å²) < 4.78 is 31.4. The molecule has 0 amide bonds. The second-order valence-corrected chi connectivity index (χ2v) is 3.32. The second-order valence-electron chi connectivity index (χ2n) is 3.32. The summed E-state index contributed by atoms with van der Waals surface area (Å²) in [7, 11) is 0. The van der Waals surface area contributed by atoms with Crippen LogP contribution in [0.1, 0.15) is 11.6 Å². The van der Waals surface area contributed by atoms with E-state index in [1.165, 1.54) is 0 Å². The van der Waals surface area contributed by atoms with E-state index in [4.69, 9.17) is 10.5 Å². The van der Waals surface area contributed by atoms with Gasteiger partial charge in [0, 0.05) is 5.56 Å². The van der Waals surface area contributed by atoms with E-state index in [1.807, 2.05) is 0 Å². The van der Waals surface area contributed by atoms with E-state index in [1.54, 1.807) is 0 Å². The molecule has 3 nitrogen and oxygen atoms in total. The van der Waals surface area contributed by atoms with Gasteiger partial charge in [0.25, 0.3) is 0 Å². The number of halogens is 2. The van der Waals surface area contributed by atoms with Gasteiger partial charge in [0.15, 0.2) is 0 Å². The number of ether oxygens (including phenoxy) is 1. The SMILES string of the molecule is NC1=NC(c2cc(F)ccc2F)COC1. The average molecular weight is 212 g/mol. The zero-order valence-electron chi connectivity index (χ0n) is 7.91. The third kappa shape index (κ3) is 2.12. The molecule has 80 valence electrons. The van der Waals surface area contributed by atoms with Crippen molar-refractivity contribution in [3.63, 3.8) is 0 Å². The highest BCUT2D eigenvalue weighted by Gasteiger charge is 2.19. The number of aliphatic imine (C=N–C) groups is 1. The van der Waals surface area contributed by atoms with Gasteiger partial charge in [0.05, 0.1) is 6.61 Å². The summed E-state index contributed by atoms with van der Waals surface area (Å²) in [5.41, 5.74) is 5.64. The standard InChI is InChI=1S/C10H10F2N2O/c11-6-1-2-8(12)7(3-6)9-4-15-5-10(13)14-9/h1-3,9H,4-5H2,(H2,13,14). The first-order valence-corrected chi connectivity index (χ1v) is 4.51. The number of amidine groups is 1. The Labute approximate surface area is 85.6 Å². The summed E-state index contributed by atoms with van der Waals surface area (Å²) in [5, 5.41) is 0. The molecule has 1 aliphatic rings. The molecule has 2 rings (SSSR count). The molecule has 1 aromatic carbocycles. The molecule has 0 aliphatic carbocycles. The molecule has 0 saturated carbocycles. The van der Waals surface area contributed by atoms with Gasteiger partial charge < -0.3 is 10.5 Å². The molecule has 1 atom stereocenters. The lowest BCUT2D eigenvalue weighted by Gasteiger charge is -2.19. The Hall–Kier alpha value is -1.49. The van der Waals surface area contributed by atoms with Crippen molar-refractivity contribution in [2.75, 3.05) is 13.2 Å². The molecule has 15 heavy (non-hydrogen) atoms. The molecule has 1 unspecified atom stereocenters. The molecule has 2 N–H and O–H groups in total. The lowest BCUT2D eigenvalue weighted by atomic mass is 10.1. The van der Waals surface area contributed by atoms with Crippen molar-refractivity contribution in [2.24, 2.45) is 10.7 Å². The molecule has 0 spiro atoms. The number of benzene rings is 1. The fourth-order valence-electron chi connectivity index (χ4n) is 1.48.